The van der Waals surface area contributed by atoms with E-state index < -0.39 is 5.79 Å². The van der Waals surface area contributed by atoms with Crippen LogP contribution in [0.5, 0.6) is 5.75 Å². The van der Waals surface area contributed by atoms with Gasteiger partial charge in [0.2, 0.25) is 11.7 Å². The molecule has 2 unspecified atom stereocenters. The molecule has 5 rings (SSSR count). The first kappa shape index (κ1) is 27.2. The molecule has 0 bridgehead atoms. The fourth-order valence-electron chi connectivity index (χ4n) is 4.83. The quantitative estimate of drug-likeness (QED) is 0.380. The first-order valence-electron chi connectivity index (χ1n) is 12.4. The molecular formula is C27H29Cl3N4O4. The Morgan fingerprint density at radius 1 is 1.11 bits per heavy atom. The summed E-state index contributed by atoms with van der Waals surface area (Å²) in [5, 5.41) is 1.64. The van der Waals surface area contributed by atoms with Crippen molar-refractivity contribution in [1.82, 2.24) is 19.4 Å². The molecule has 3 aromatic rings. The van der Waals surface area contributed by atoms with Crippen LogP contribution in [0.2, 0.25) is 15.1 Å². The van der Waals surface area contributed by atoms with Gasteiger partial charge in [0.05, 0.1) is 24.5 Å². The molecule has 8 nitrogen and oxygen atoms in total. The predicted octanol–water partition coefficient (Wildman–Crippen LogP) is 4.85. The largest absolute Gasteiger partial charge is 0.490 e. The number of nitrogens with zero attached hydrogens (tertiary/aromatic N) is 4. The van der Waals surface area contributed by atoms with Crippen LogP contribution in [0, 0.1) is 0 Å². The second-order valence-corrected chi connectivity index (χ2v) is 10.8. The topological polar surface area (TPSA) is 69.1 Å². The average molecular weight is 580 g/mol. The van der Waals surface area contributed by atoms with E-state index in [0.29, 0.717) is 53.4 Å². The van der Waals surface area contributed by atoms with Crippen molar-refractivity contribution in [1.29, 1.82) is 0 Å². The minimum absolute atomic E-state index is 0.110. The lowest BCUT2D eigenvalue weighted by Gasteiger charge is -2.34. The Morgan fingerprint density at radius 2 is 1.87 bits per heavy atom. The number of ether oxygens (including phenoxy) is 3. The van der Waals surface area contributed by atoms with Crippen molar-refractivity contribution >= 4 is 40.7 Å². The highest BCUT2D eigenvalue weighted by atomic mass is 35.5. The summed E-state index contributed by atoms with van der Waals surface area (Å²) in [6, 6.07) is 10.9. The van der Waals surface area contributed by atoms with Crippen LogP contribution < -0.4 is 4.74 Å². The van der Waals surface area contributed by atoms with Crippen molar-refractivity contribution in [2.45, 2.75) is 31.9 Å². The third-order valence-electron chi connectivity index (χ3n) is 6.81. The SMILES string of the molecule is CC(=O)N1CCN(Cc2cc(Cl)ccc2OCC2COC(Cn3ccnc3)(c3ccc(Cl)cc3Cl)O2)CC1. The van der Waals surface area contributed by atoms with Crippen molar-refractivity contribution in [2.75, 3.05) is 39.4 Å². The summed E-state index contributed by atoms with van der Waals surface area (Å²) in [5.74, 6) is -0.266. The summed E-state index contributed by atoms with van der Waals surface area (Å²) in [7, 11) is 0. The van der Waals surface area contributed by atoms with E-state index in [4.69, 9.17) is 49.0 Å². The van der Waals surface area contributed by atoms with Crippen LogP contribution >= 0.6 is 34.8 Å². The molecule has 0 spiro atoms. The molecule has 0 aliphatic carbocycles. The first-order chi connectivity index (χ1) is 18.3. The van der Waals surface area contributed by atoms with Gasteiger partial charge >= 0.3 is 0 Å². The van der Waals surface area contributed by atoms with Gasteiger partial charge in [-0.25, -0.2) is 4.98 Å². The number of piperazine rings is 1. The monoisotopic (exact) mass is 578 g/mol. The van der Waals surface area contributed by atoms with Crippen molar-refractivity contribution in [3.05, 3.63) is 81.3 Å². The smallest absolute Gasteiger partial charge is 0.219 e. The van der Waals surface area contributed by atoms with Gasteiger partial charge in [-0.05, 0) is 30.3 Å². The van der Waals surface area contributed by atoms with E-state index in [1.807, 2.05) is 39.9 Å². The van der Waals surface area contributed by atoms with Gasteiger partial charge in [-0.3, -0.25) is 9.69 Å². The highest BCUT2D eigenvalue weighted by molar-refractivity contribution is 6.35. The summed E-state index contributed by atoms with van der Waals surface area (Å²) in [6.07, 6.45) is 4.92. The van der Waals surface area contributed by atoms with E-state index in [1.54, 1.807) is 31.6 Å². The van der Waals surface area contributed by atoms with Crippen molar-refractivity contribution in [2.24, 2.45) is 0 Å². The van der Waals surface area contributed by atoms with E-state index in [1.165, 1.54) is 0 Å². The van der Waals surface area contributed by atoms with Crippen molar-refractivity contribution in [3.8, 4) is 5.75 Å². The second-order valence-electron chi connectivity index (χ2n) is 9.51. The number of amides is 1. The lowest BCUT2D eigenvalue weighted by Crippen LogP contribution is -2.47. The molecule has 3 heterocycles. The van der Waals surface area contributed by atoms with Gasteiger partial charge in [0.15, 0.2) is 0 Å². The lowest BCUT2D eigenvalue weighted by atomic mass is 10.1. The standard InChI is InChI=1S/C27H29Cl3N4O4/c1-19(35)34-10-8-32(9-11-34)14-20-12-21(28)3-5-26(20)36-15-23-16-37-27(38-23,17-33-7-6-31-18-33)24-4-2-22(29)13-25(24)30/h2-7,12-13,18,23H,8-11,14-17H2,1H3. The molecule has 2 atom stereocenters. The van der Waals surface area contributed by atoms with Crippen LogP contribution in [0.15, 0.2) is 55.1 Å². The first-order valence-corrected chi connectivity index (χ1v) is 13.6. The predicted molar refractivity (Wildman–Crippen MR) is 146 cm³/mol. The van der Waals surface area contributed by atoms with E-state index in [-0.39, 0.29) is 18.6 Å². The zero-order valence-electron chi connectivity index (χ0n) is 21.0. The number of rotatable bonds is 8. The molecular weight excluding hydrogens is 551 g/mol. The fraction of sp³-hybridized carbons (Fsp3) is 0.407. The van der Waals surface area contributed by atoms with Gasteiger partial charge in [0, 0.05) is 73.2 Å². The van der Waals surface area contributed by atoms with Crippen LogP contribution in [0.25, 0.3) is 0 Å². The fourth-order valence-corrected chi connectivity index (χ4v) is 5.58. The molecule has 11 heteroatoms. The number of hydrogen-bond donors (Lipinski definition) is 0. The molecule has 2 aliphatic heterocycles. The Bertz CT molecular complexity index is 1270. The number of carbonyl (C=O) groups is 1. The van der Waals surface area contributed by atoms with E-state index >= 15 is 0 Å². The zero-order chi connectivity index (χ0) is 26.7. The number of hydrogen-bond acceptors (Lipinski definition) is 6. The maximum absolute atomic E-state index is 11.7. The summed E-state index contributed by atoms with van der Waals surface area (Å²) >= 11 is 19.0. The Balaban J connectivity index is 1.28. The van der Waals surface area contributed by atoms with Gasteiger partial charge in [-0.1, -0.05) is 40.9 Å². The summed E-state index contributed by atoms with van der Waals surface area (Å²) in [5.41, 5.74) is 1.68. The summed E-state index contributed by atoms with van der Waals surface area (Å²) < 4.78 is 20.9. The highest BCUT2D eigenvalue weighted by Gasteiger charge is 2.45. The lowest BCUT2D eigenvalue weighted by molar-refractivity contribution is -0.189. The van der Waals surface area contributed by atoms with Crippen LogP contribution in [0.3, 0.4) is 0 Å². The van der Waals surface area contributed by atoms with Gasteiger partial charge in [0.1, 0.15) is 18.5 Å². The molecule has 2 saturated heterocycles. The molecule has 0 N–H and O–H groups in total. The zero-order valence-corrected chi connectivity index (χ0v) is 23.3. The van der Waals surface area contributed by atoms with Crippen LogP contribution in [-0.4, -0.2) is 70.8 Å². The Hall–Kier alpha value is -2.33. The molecule has 2 aromatic carbocycles. The van der Waals surface area contributed by atoms with E-state index in [2.05, 4.69) is 9.88 Å². The van der Waals surface area contributed by atoms with Crippen LogP contribution in [-0.2, 0) is 33.1 Å². The molecule has 0 radical (unpaired) electrons. The van der Waals surface area contributed by atoms with Gasteiger partial charge < -0.3 is 23.7 Å². The van der Waals surface area contributed by atoms with E-state index in [9.17, 15) is 4.79 Å². The second kappa shape index (κ2) is 11.8. The highest BCUT2D eigenvalue weighted by Crippen LogP contribution is 2.40. The molecule has 202 valence electrons. The normalized spacial score (nSPS) is 22.1. The molecule has 1 amide bonds. The number of imidazole rings is 1. The van der Waals surface area contributed by atoms with Crippen LogP contribution in [0.4, 0.5) is 0 Å². The van der Waals surface area contributed by atoms with Crippen LogP contribution in [0.1, 0.15) is 18.1 Å². The Kier molecular flexibility index (Phi) is 8.47. The van der Waals surface area contributed by atoms with Crippen molar-refractivity contribution in [3.63, 3.8) is 0 Å². The number of halogens is 3. The Labute approximate surface area is 236 Å². The molecule has 38 heavy (non-hydrogen) atoms. The number of benzene rings is 2. The van der Waals surface area contributed by atoms with Gasteiger partial charge in [-0.15, -0.1) is 0 Å². The van der Waals surface area contributed by atoms with Crippen molar-refractivity contribution < 1.29 is 19.0 Å². The molecule has 0 saturated carbocycles. The molecule has 2 fully saturated rings. The third kappa shape index (κ3) is 6.28. The van der Waals surface area contributed by atoms with E-state index in [0.717, 1.165) is 24.4 Å². The van der Waals surface area contributed by atoms with Gasteiger partial charge in [-0.2, -0.15) is 0 Å². The average Bonchev–Trinajstić information content (AvgIpc) is 3.54. The maximum atomic E-state index is 11.7. The summed E-state index contributed by atoms with van der Waals surface area (Å²) in [6.45, 7) is 6.27. The molecule has 2 aliphatic rings. The van der Waals surface area contributed by atoms with Gasteiger partial charge in [0.25, 0.3) is 0 Å². The third-order valence-corrected chi connectivity index (χ3v) is 7.59. The number of carbonyl (C=O) groups excluding carboxylic acids is 1. The molecule has 1 aromatic heterocycles. The Morgan fingerprint density at radius 3 is 2.58 bits per heavy atom. The maximum Gasteiger partial charge on any atom is 0.219 e. The number of aromatic nitrogens is 2. The minimum atomic E-state index is -1.12. The summed E-state index contributed by atoms with van der Waals surface area (Å²) in [4.78, 5) is 20.0. The minimum Gasteiger partial charge on any atom is -0.490 e.